The first-order valence-corrected chi connectivity index (χ1v) is 10.5. The summed E-state index contributed by atoms with van der Waals surface area (Å²) in [6.45, 7) is 4.90. The van der Waals surface area contributed by atoms with Gasteiger partial charge in [-0.25, -0.2) is 4.79 Å². The van der Waals surface area contributed by atoms with Crippen LogP contribution in [0, 0.1) is 6.92 Å². The van der Waals surface area contributed by atoms with Gasteiger partial charge in [0, 0.05) is 27.8 Å². The van der Waals surface area contributed by atoms with Crippen molar-refractivity contribution in [2.75, 3.05) is 11.9 Å². The van der Waals surface area contributed by atoms with Gasteiger partial charge in [-0.3, -0.25) is 0 Å². The van der Waals surface area contributed by atoms with E-state index in [1.165, 1.54) is 0 Å². The lowest BCUT2D eigenvalue weighted by atomic mass is 10.1. The van der Waals surface area contributed by atoms with Crippen LogP contribution in [0.4, 0.5) is 5.69 Å². The zero-order chi connectivity index (χ0) is 22.4. The van der Waals surface area contributed by atoms with Gasteiger partial charge in [0.05, 0.1) is 12.2 Å². The predicted molar refractivity (Wildman–Crippen MR) is 124 cm³/mol. The SMILES string of the molecule is CCOc1cc(CNc2cccc(C(=O)O)c2C)ccc1OCc1c(Cl)cccc1Cl. The number of rotatable bonds is 9. The normalized spacial score (nSPS) is 10.6. The van der Waals surface area contributed by atoms with E-state index < -0.39 is 5.97 Å². The summed E-state index contributed by atoms with van der Waals surface area (Å²) in [4.78, 5) is 11.3. The fourth-order valence-electron chi connectivity index (χ4n) is 3.13. The molecule has 3 rings (SSSR count). The van der Waals surface area contributed by atoms with Crippen molar-refractivity contribution in [3.05, 3.63) is 86.9 Å². The van der Waals surface area contributed by atoms with Crippen LogP contribution < -0.4 is 14.8 Å². The summed E-state index contributed by atoms with van der Waals surface area (Å²) in [5, 5.41) is 13.7. The van der Waals surface area contributed by atoms with Crippen LogP contribution in [-0.4, -0.2) is 17.7 Å². The predicted octanol–water partition coefficient (Wildman–Crippen LogP) is 6.59. The average Bonchev–Trinajstić information content (AvgIpc) is 2.73. The first kappa shape index (κ1) is 22.8. The standard InChI is InChI=1S/C24H23Cl2NO4/c1-3-30-23-12-16(13-27-21-9-4-6-17(15(21)2)24(28)29)10-11-22(23)31-14-18-19(25)7-5-8-20(18)26/h4-12,27H,3,13-14H2,1-2H3,(H,28,29). The van der Waals surface area contributed by atoms with Gasteiger partial charge in [0.1, 0.15) is 6.61 Å². The first-order valence-electron chi connectivity index (χ1n) is 9.79. The van der Waals surface area contributed by atoms with Gasteiger partial charge in [0.25, 0.3) is 0 Å². The number of carboxylic acid groups (broad SMARTS) is 1. The molecule has 2 N–H and O–H groups in total. The highest BCUT2D eigenvalue weighted by atomic mass is 35.5. The van der Waals surface area contributed by atoms with Gasteiger partial charge in [0.2, 0.25) is 0 Å². The summed E-state index contributed by atoms with van der Waals surface area (Å²) in [6, 6.07) is 16.2. The molecule has 0 unspecified atom stereocenters. The summed E-state index contributed by atoms with van der Waals surface area (Å²) < 4.78 is 11.7. The molecule has 0 saturated heterocycles. The molecule has 5 nitrogen and oxygen atoms in total. The fraction of sp³-hybridized carbons (Fsp3) is 0.208. The number of carbonyl (C=O) groups is 1. The number of halogens is 2. The molecule has 0 aliphatic carbocycles. The van der Waals surface area contributed by atoms with E-state index in [0.29, 0.717) is 45.8 Å². The fourth-order valence-corrected chi connectivity index (χ4v) is 3.63. The lowest BCUT2D eigenvalue weighted by Gasteiger charge is -2.16. The van der Waals surface area contributed by atoms with Crippen molar-refractivity contribution in [2.24, 2.45) is 0 Å². The van der Waals surface area contributed by atoms with Crippen molar-refractivity contribution in [1.29, 1.82) is 0 Å². The van der Waals surface area contributed by atoms with E-state index >= 15 is 0 Å². The third-order valence-corrected chi connectivity index (χ3v) is 5.50. The molecule has 0 bridgehead atoms. The molecule has 0 aliphatic heterocycles. The molecule has 0 aromatic heterocycles. The Bertz CT molecular complexity index is 1060. The molecule has 0 saturated carbocycles. The second-order valence-corrected chi connectivity index (χ2v) is 7.65. The van der Waals surface area contributed by atoms with Crippen LogP contribution in [0.2, 0.25) is 10.0 Å². The van der Waals surface area contributed by atoms with Crippen molar-refractivity contribution in [3.63, 3.8) is 0 Å². The third kappa shape index (κ3) is 5.63. The number of aromatic carboxylic acids is 1. The number of hydrogen-bond acceptors (Lipinski definition) is 4. The number of ether oxygens (including phenoxy) is 2. The van der Waals surface area contributed by atoms with Crippen molar-refractivity contribution >= 4 is 34.9 Å². The Hall–Kier alpha value is -2.89. The molecular formula is C24H23Cl2NO4. The summed E-state index contributed by atoms with van der Waals surface area (Å²) in [5.74, 6) is 0.256. The van der Waals surface area contributed by atoms with E-state index in [-0.39, 0.29) is 12.2 Å². The molecule has 0 radical (unpaired) electrons. The highest BCUT2D eigenvalue weighted by Gasteiger charge is 2.12. The van der Waals surface area contributed by atoms with Gasteiger partial charge in [-0.1, -0.05) is 41.4 Å². The minimum absolute atomic E-state index is 0.220. The summed E-state index contributed by atoms with van der Waals surface area (Å²) >= 11 is 12.4. The van der Waals surface area contributed by atoms with Crippen molar-refractivity contribution in [3.8, 4) is 11.5 Å². The van der Waals surface area contributed by atoms with Crippen LogP contribution in [0.1, 0.15) is 34.0 Å². The zero-order valence-electron chi connectivity index (χ0n) is 17.2. The van der Waals surface area contributed by atoms with Crippen molar-refractivity contribution in [2.45, 2.75) is 27.0 Å². The van der Waals surface area contributed by atoms with Gasteiger partial charge in [-0.15, -0.1) is 0 Å². The maximum absolute atomic E-state index is 11.3. The third-order valence-electron chi connectivity index (χ3n) is 4.79. The Morgan fingerprint density at radius 3 is 2.39 bits per heavy atom. The highest BCUT2D eigenvalue weighted by molar-refractivity contribution is 6.35. The monoisotopic (exact) mass is 459 g/mol. The minimum Gasteiger partial charge on any atom is -0.490 e. The van der Waals surface area contributed by atoms with Crippen molar-refractivity contribution < 1.29 is 19.4 Å². The van der Waals surface area contributed by atoms with Crippen LogP contribution in [0.25, 0.3) is 0 Å². The van der Waals surface area contributed by atoms with E-state index in [9.17, 15) is 9.90 Å². The Morgan fingerprint density at radius 2 is 1.71 bits per heavy atom. The van der Waals surface area contributed by atoms with Crippen LogP contribution in [0.3, 0.4) is 0 Å². The molecule has 0 heterocycles. The quantitative estimate of drug-likeness (QED) is 0.377. The van der Waals surface area contributed by atoms with Gasteiger partial charge in [-0.2, -0.15) is 0 Å². The Labute approximate surface area is 191 Å². The molecule has 0 fully saturated rings. The maximum Gasteiger partial charge on any atom is 0.336 e. The number of anilines is 1. The number of hydrogen-bond donors (Lipinski definition) is 2. The average molecular weight is 460 g/mol. The molecule has 7 heteroatoms. The lowest BCUT2D eigenvalue weighted by molar-refractivity contribution is 0.0696. The van der Waals surface area contributed by atoms with Crippen LogP contribution in [-0.2, 0) is 13.2 Å². The number of carboxylic acids is 1. The zero-order valence-corrected chi connectivity index (χ0v) is 18.8. The number of benzene rings is 3. The van der Waals surface area contributed by atoms with E-state index in [2.05, 4.69) is 5.32 Å². The molecule has 0 spiro atoms. The van der Waals surface area contributed by atoms with Crippen molar-refractivity contribution in [1.82, 2.24) is 0 Å². The lowest BCUT2D eigenvalue weighted by Crippen LogP contribution is -2.06. The second kappa shape index (κ2) is 10.4. The van der Waals surface area contributed by atoms with E-state index in [4.69, 9.17) is 32.7 Å². The van der Waals surface area contributed by atoms with Gasteiger partial charge < -0.3 is 19.9 Å². The summed E-state index contributed by atoms with van der Waals surface area (Å²) in [6.07, 6.45) is 0. The molecule has 3 aromatic rings. The highest BCUT2D eigenvalue weighted by Crippen LogP contribution is 2.32. The number of nitrogens with one attached hydrogen (secondary N) is 1. The molecule has 0 atom stereocenters. The summed E-state index contributed by atoms with van der Waals surface area (Å²) in [7, 11) is 0. The molecule has 162 valence electrons. The van der Waals surface area contributed by atoms with Gasteiger partial charge in [-0.05, 0) is 61.4 Å². The molecule has 31 heavy (non-hydrogen) atoms. The molecular weight excluding hydrogens is 437 g/mol. The topological polar surface area (TPSA) is 67.8 Å². The van der Waals surface area contributed by atoms with E-state index in [1.807, 2.05) is 31.2 Å². The first-order chi connectivity index (χ1) is 14.9. The molecule has 3 aromatic carbocycles. The smallest absolute Gasteiger partial charge is 0.336 e. The van der Waals surface area contributed by atoms with Crippen LogP contribution in [0.15, 0.2) is 54.6 Å². The van der Waals surface area contributed by atoms with Crippen LogP contribution in [0.5, 0.6) is 11.5 Å². The van der Waals surface area contributed by atoms with Gasteiger partial charge >= 0.3 is 5.97 Å². The second-order valence-electron chi connectivity index (χ2n) is 6.84. The van der Waals surface area contributed by atoms with Crippen LogP contribution >= 0.6 is 23.2 Å². The maximum atomic E-state index is 11.3. The largest absolute Gasteiger partial charge is 0.490 e. The molecule has 0 aliphatic rings. The van der Waals surface area contributed by atoms with Gasteiger partial charge in [0.15, 0.2) is 11.5 Å². The minimum atomic E-state index is -0.945. The Kier molecular flexibility index (Phi) is 7.66. The van der Waals surface area contributed by atoms with E-state index in [1.54, 1.807) is 37.3 Å². The summed E-state index contributed by atoms with van der Waals surface area (Å²) in [5.41, 5.74) is 3.42. The molecule has 0 amide bonds. The Balaban J connectivity index is 1.74. The van der Waals surface area contributed by atoms with E-state index in [0.717, 1.165) is 11.3 Å². The Morgan fingerprint density at radius 1 is 1.00 bits per heavy atom.